The second-order valence-electron chi connectivity index (χ2n) is 4.54. The van der Waals surface area contributed by atoms with E-state index in [1.807, 2.05) is 44.1 Å². The van der Waals surface area contributed by atoms with E-state index < -0.39 is 0 Å². The third-order valence-corrected chi connectivity index (χ3v) is 2.63. The van der Waals surface area contributed by atoms with Gasteiger partial charge in [0.2, 0.25) is 5.91 Å². The number of aryl methyl sites for hydroxylation is 1. The molecule has 0 aliphatic heterocycles. The summed E-state index contributed by atoms with van der Waals surface area (Å²) in [6.07, 6.45) is 4.76. The highest BCUT2D eigenvalue weighted by molar-refractivity contribution is 6.03. The molecule has 5 heteroatoms. The summed E-state index contributed by atoms with van der Waals surface area (Å²) < 4.78 is 5.36. The summed E-state index contributed by atoms with van der Waals surface area (Å²) in [5.74, 6) is 1.95. The van der Waals surface area contributed by atoms with E-state index in [2.05, 4.69) is 10.3 Å². The molecule has 104 valence electrons. The van der Waals surface area contributed by atoms with Gasteiger partial charge >= 0.3 is 0 Å². The van der Waals surface area contributed by atoms with Crippen LogP contribution in [0, 0.1) is 6.92 Å². The molecule has 0 aliphatic rings. The van der Waals surface area contributed by atoms with E-state index in [1.165, 1.54) is 6.08 Å². The lowest BCUT2D eigenvalue weighted by Crippen LogP contribution is -2.16. The number of hydrogen-bond donors (Lipinski definition) is 1. The number of aromatic nitrogens is 1. The van der Waals surface area contributed by atoms with Gasteiger partial charge in [0.25, 0.3) is 0 Å². The molecule has 2 rings (SSSR count). The lowest BCUT2D eigenvalue weighted by Gasteiger charge is -2.15. The van der Waals surface area contributed by atoms with Gasteiger partial charge in [-0.25, -0.2) is 4.98 Å². The lowest BCUT2D eigenvalue weighted by atomic mass is 10.3. The fourth-order valence-electron chi connectivity index (χ4n) is 1.73. The van der Waals surface area contributed by atoms with Crippen LogP contribution in [0.2, 0.25) is 0 Å². The molecular formula is C15H17N3O2. The molecule has 20 heavy (non-hydrogen) atoms. The summed E-state index contributed by atoms with van der Waals surface area (Å²) in [5.41, 5.74) is 0.669. The Hall–Kier alpha value is -2.56. The Kier molecular flexibility index (Phi) is 4.20. The summed E-state index contributed by atoms with van der Waals surface area (Å²) in [6.45, 7) is 1.86. The van der Waals surface area contributed by atoms with Gasteiger partial charge in [-0.15, -0.1) is 0 Å². The van der Waals surface area contributed by atoms with Crippen molar-refractivity contribution in [2.75, 3.05) is 24.3 Å². The van der Waals surface area contributed by atoms with E-state index in [0.717, 1.165) is 5.76 Å². The molecule has 1 N–H and O–H groups in total. The zero-order valence-corrected chi connectivity index (χ0v) is 11.8. The minimum absolute atomic E-state index is 0.227. The fraction of sp³-hybridized carbons (Fsp3) is 0.200. The van der Waals surface area contributed by atoms with Crippen LogP contribution in [-0.4, -0.2) is 25.0 Å². The predicted octanol–water partition coefficient (Wildman–Crippen LogP) is 2.70. The number of furan rings is 1. The van der Waals surface area contributed by atoms with Crippen molar-refractivity contribution in [3.05, 3.63) is 48.1 Å². The van der Waals surface area contributed by atoms with Crippen LogP contribution in [0.15, 0.2) is 41.0 Å². The van der Waals surface area contributed by atoms with E-state index in [0.29, 0.717) is 17.3 Å². The molecule has 2 aromatic heterocycles. The van der Waals surface area contributed by atoms with E-state index in [-0.39, 0.29) is 5.91 Å². The topological polar surface area (TPSA) is 58.4 Å². The van der Waals surface area contributed by atoms with Gasteiger partial charge in [-0.05, 0) is 37.3 Å². The fourth-order valence-corrected chi connectivity index (χ4v) is 1.73. The molecule has 0 unspecified atom stereocenters. The normalized spacial score (nSPS) is 10.8. The molecule has 0 aromatic carbocycles. The molecule has 0 saturated carbocycles. The molecule has 0 aliphatic carbocycles. The van der Waals surface area contributed by atoms with Crippen LogP contribution >= 0.6 is 0 Å². The van der Waals surface area contributed by atoms with Crippen molar-refractivity contribution in [2.45, 2.75) is 6.92 Å². The first kappa shape index (κ1) is 13.9. The van der Waals surface area contributed by atoms with Crippen molar-refractivity contribution in [3.63, 3.8) is 0 Å². The second-order valence-corrected chi connectivity index (χ2v) is 4.54. The molecule has 0 spiro atoms. The number of nitrogens with one attached hydrogen (secondary N) is 1. The largest absolute Gasteiger partial charge is 0.462 e. The maximum Gasteiger partial charge on any atom is 0.248 e. The van der Waals surface area contributed by atoms with Crippen molar-refractivity contribution in [1.82, 2.24) is 4.98 Å². The Bertz CT molecular complexity index is 630. The van der Waals surface area contributed by atoms with Crippen LogP contribution in [0.3, 0.4) is 0 Å². The molecule has 2 heterocycles. The van der Waals surface area contributed by atoms with Gasteiger partial charge < -0.3 is 14.6 Å². The molecule has 5 nitrogen and oxygen atoms in total. The Labute approximate surface area is 117 Å². The van der Waals surface area contributed by atoms with E-state index >= 15 is 0 Å². The van der Waals surface area contributed by atoms with Gasteiger partial charge in [0, 0.05) is 26.4 Å². The van der Waals surface area contributed by atoms with Crippen molar-refractivity contribution >= 4 is 23.5 Å². The number of carbonyl (C=O) groups excluding carboxylic acids is 1. The van der Waals surface area contributed by atoms with Gasteiger partial charge in [0.1, 0.15) is 11.5 Å². The molecule has 0 radical (unpaired) electrons. The zero-order chi connectivity index (χ0) is 14.5. The number of rotatable bonds is 4. The summed E-state index contributed by atoms with van der Waals surface area (Å²) >= 11 is 0. The molecule has 0 fully saturated rings. The maximum atomic E-state index is 11.9. The van der Waals surface area contributed by atoms with Gasteiger partial charge in [-0.2, -0.15) is 0 Å². The van der Waals surface area contributed by atoms with E-state index in [9.17, 15) is 4.79 Å². The third kappa shape index (κ3) is 3.47. The number of carbonyl (C=O) groups is 1. The highest BCUT2D eigenvalue weighted by Gasteiger charge is 2.07. The quantitative estimate of drug-likeness (QED) is 0.869. The average molecular weight is 271 g/mol. The smallest absolute Gasteiger partial charge is 0.248 e. The SMILES string of the molecule is Cc1ccc(C=CC(=O)Nc2cccnc2N(C)C)o1. The molecule has 1 amide bonds. The molecular weight excluding hydrogens is 254 g/mol. The van der Waals surface area contributed by atoms with Crippen LogP contribution < -0.4 is 10.2 Å². The van der Waals surface area contributed by atoms with Crippen LogP contribution in [0.5, 0.6) is 0 Å². The Balaban J connectivity index is 2.07. The summed E-state index contributed by atoms with van der Waals surface area (Å²) in [4.78, 5) is 17.9. The highest BCUT2D eigenvalue weighted by Crippen LogP contribution is 2.20. The molecule has 0 atom stereocenters. The van der Waals surface area contributed by atoms with Crippen molar-refractivity contribution in [2.24, 2.45) is 0 Å². The van der Waals surface area contributed by atoms with Gasteiger partial charge in [-0.1, -0.05) is 0 Å². The standard InChI is InChI=1S/C15H17N3O2/c1-11-6-7-12(20-11)8-9-14(19)17-13-5-4-10-16-15(13)18(2)3/h4-10H,1-3H3,(H,17,19). The highest BCUT2D eigenvalue weighted by atomic mass is 16.3. The van der Waals surface area contributed by atoms with Gasteiger partial charge in [0.15, 0.2) is 5.82 Å². The minimum Gasteiger partial charge on any atom is -0.462 e. The summed E-state index contributed by atoms with van der Waals surface area (Å²) in [7, 11) is 3.75. The van der Waals surface area contributed by atoms with Crippen molar-refractivity contribution in [3.8, 4) is 0 Å². The van der Waals surface area contributed by atoms with E-state index in [4.69, 9.17) is 4.42 Å². The van der Waals surface area contributed by atoms with E-state index in [1.54, 1.807) is 18.3 Å². The van der Waals surface area contributed by atoms with Gasteiger partial charge in [-0.3, -0.25) is 4.79 Å². The molecule has 0 saturated heterocycles. The van der Waals surface area contributed by atoms with Crippen molar-refractivity contribution in [1.29, 1.82) is 0 Å². The second kappa shape index (κ2) is 6.06. The number of anilines is 2. The van der Waals surface area contributed by atoms with Crippen LogP contribution in [0.1, 0.15) is 11.5 Å². The number of amides is 1. The predicted molar refractivity (Wildman–Crippen MR) is 79.7 cm³/mol. The minimum atomic E-state index is -0.227. The first-order valence-corrected chi connectivity index (χ1v) is 6.24. The Morgan fingerprint density at radius 3 is 2.80 bits per heavy atom. The number of nitrogens with zero attached hydrogens (tertiary/aromatic N) is 2. The average Bonchev–Trinajstić information content (AvgIpc) is 2.83. The van der Waals surface area contributed by atoms with Crippen LogP contribution in [0.4, 0.5) is 11.5 Å². The summed E-state index contributed by atoms with van der Waals surface area (Å²) in [5, 5.41) is 2.80. The van der Waals surface area contributed by atoms with Crippen LogP contribution in [0.25, 0.3) is 6.08 Å². The number of hydrogen-bond acceptors (Lipinski definition) is 4. The lowest BCUT2D eigenvalue weighted by molar-refractivity contribution is -0.111. The third-order valence-electron chi connectivity index (χ3n) is 2.63. The van der Waals surface area contributed by atoms with Crippen LogP contribution in [-0.2, 0) is 4.79 Å². The first-order valence-electron chi connectivity index (χ1n) is 6.24. The zero-order valence-electron chi connectivity index (χ0n) is 11.8. The monoisotopic (exact) mass is 271 g/mol. The molecule has 0 bridgehead atoms. The first-order chi connectivity index (χ1) is 9.56. The van der Waals surface area contributed by atoms with Gasteiger partial charge in [0.05, 0.1) is 5.69 Å². The Morgan fingerprint density at radius 1 is 1.35 bits per heavy atom. The number of pyridine rings is 1. The maximum absolute atomic E-state index is 11.9. The summed E-state index contributed by atoms with van der Waals surface area (Å²) in [6, 6.07) is 7.25. The van der Waals surface area contributed by atoms with Crippen molar-refractivity contribution < 1.29 is 9.21 Å². The Morgan fingerprint density at radius 2 is 2.15 bits per heavy atom. The molecule has 2 aromatic rings.